The first-order chi connectivity index (χ1) is 6.85. The van der Waals surface area contributed by atoms with Crippen molar-refractivity contribution >= 4 is 0 Å². The molecule has 0 bridgehead atoms. The van der Waals surface area contributed by atoms with Crippen LogP contribution in [0.3, 0.4) is 0 Å². The SMILES string of the molecule is Cc1[nH]c(CC(C)(C)CN)nc1C(C)C. The topological polar surface area (TPSA) is 54.7 Å². The molecule has 0 aliphatic heterocycles. The molecule has 3 N–H and O–H groups in total. The number of aryl methyl sites for hydroxylation is 1. The lowest BCUT2D eigenvalue weighted by molar-refractivity contribution is 0.368. The zero-order valence-electron chi connectivity index (χ0n) is 10.5. The van der Waals surface area contributed by atoms with Gasteiger partial charge >= 0.3 is 0 Å². The van der Waals surface area contributed by atoms with Gasteiger partial charge in [-0.05, 0) is 24.8 Å². The van der Waals surface area contributed by atoms with Gasteiger partial charge in [0.2, 0.25) is 0 Å². The third-order valence-corrected chi connectivity index (χ3v) is 2.72. The molecule has 0 aromatic carbocycles. The van der Waals surface area contributed by atoms with Crippen molar-refractivity contribution in [3.05, 3.63) is 17.2 Å². The van der Waals surface area contributed by atoms with E-state index in [1.807, 2.05) is 0 Å². The van der Waals surface area contributed by atoms with Crippen molar-refractivity contribution < 1.29 is 0 Å². The number of nitrogens with zero attached hydrogens (tertiary/aromatic N) is 1. The number of hydrogen-bond acceptors (Lipinski definition) is 2. The van der Waals surface area contributed by atoms with Crippen molar-refractivity contribution in [3.8, 4) is 0 Å². The van der Waals surface area contributed by atoms with Crippen LogP contribution in [0.1, 0.15) is 50.8 Å². The fraction of sp³-hybridized carbons (Fsp3) is 0.750. The molecule has 1 aromatic rings. The fourth-order valence-corrected chi connectivity index (χ4v) is 1.71. The number of aromatic nitrogens is 2. The first-order valence-corrected chi connectivity index (χ1v) is 5.61. The van der Waals surface area contributed by atoms with E-state index in [1.54, 1.807) is 0 Å². The summed E-state index contributed by atoms with van der Waals surface area (Å²) in [5.41, 5.74) is 8.21. The van der Waals surface area contributed by atoms with Gasteiger partial charge in [0.15, 0.2) is 0 Å². The summed E-state index contributed by atoms with van der Waals surface area (Å²) in [5.74, 6) is 1.54. The maximum absolute atomic E-state index is 5.72. The summed E-state index contributed by atoms with van der Waals surface area (Å²) < 4.78 is 0. The Bertz CT molecular complexity index is 324. The van der Waals surface area contributed by atoms with Gasteiger partial charge in [0.1, 0.15) is 5.82 Å². The zero-order chi connectivity index (χ0) is 11.6. The van der Waals surface area contributed by atoms with Crippen molar-refractivity contribution in [3.63, 3.8) is 0 Å². The quantitative estimate of drug-likeness (QED) is 0.800. The summed E-state index contributed by atoms with van der Waals surface area (Å²) in [6, 6.07) is 0. The molecule has 0 unspecified atom stereocenters. The summed E-state index contributed by atoms with van der Waals surface area (Å²) in [7, 11) is 0. The number of aromatic amines is 1. The predicted octanol–water partition coefficient (Wildman–Crippen LogP) is 2.37. The molecule has 3 nitrogen and oxygen atoms in total. The standard InChI is InChI=1S/C12H23N3/c1-8(2)11-9(3)14-10(15-11)6-12(4,5)7-13/h8H,6-7,13H2,1-5H3,(H,14,15). The first kappa shape index (κ1) is 12.2. The lowest BCUT2D eigenvalue weighted by Crippen LogP contribution is -2.26. The summed E-state index contributed by atoms with van der Waals surface area (Å²) in [6.45, 7) is 11.4. The Hall–Kier alpha value is -0.830. The van der Waals surface area contributed by atoms with Gasteiger partial charge < -0.3 is 10.7 Å². The third kappa shape index (κ3) is 3.06. The largest absolute Gasteiger partial charge is 0.346 e. The molecule has 0 aliphatic rings. The van der Waals surface area contributed by atoms with Gasteiger partial charge in [-0.1, -0.05) is 27.7 Å². The van der Waals surface area contributed by atoms with E-state index in [-0.39, 0.29) is 5.41 Å². The Morgan fingerprint density at radius 1 is 1.40 bits per heavy atom. The number of nitrogens with two attached hydrogens (primary N) is 1. The van der Waals surface area contributed by atoms with Gasteiger partial charge in [-0.15, -0.1) is 0 Å². The average Bonchev–Trinajstić information content (AvgIpc) is 2.46. The predicted molar refractivity (Wildman–Crippen MR) is 64.0 cm³/mol. The van der Waals surface area contributed by atoms with Crippen LogP contribution in [0.15, 0.2) is 0 Å². The molecule has 1 rings (SSSR count). The van der Waals surface area contributed by atoms with Gasteiger partial charge in [0.25, 0.3) is 0 Å². The Morgan fingerprint density at radius 3 is 2.40 bits per heavy atom. The second-order valence-electron chi connectivity index (χ2n) is 5.39. The van der Waals surface area contributed by atoms with E-state index in [0.29, 0.717) is 12.5 Å². The molecule has 0 saturated carbocycles. The van der Waals surface area contributed by atoms with Gasteiger partial charge in [-0.25, -0.2) is 4.98 Å². The smallest absolute Gasteiger partial charge is 0.107 e. The number of rotatable bonds is 4. The van der Waals surface area contributed by atoms with Gasteiger partial charge in [0.05, 0.1) is 5.69 Å². The van der Waals surface area contributed by atoms with Crippen LogP contribution in [-0.4, -0.2) is 16.5 Å². The average molecular weight is 209 g/mol. The molecule has 86 valence electrons. The molecule has 0 amide bonds. The van der Waals surface area contributed by atoms with Crippen molar-refractivity contribution in [1.29, 1.82) is 0 Å². The normalized spacial score (nSPS) is 12.5. The van der Waals surface area contributed by atoms with Crippen molar-refractivity contribution in [2.24, 2.45) is 11.1 Å². The first-order valence-electron chi connectivity index (χ1n) is 5.61. The van der Waals surface area contributed by atoms with E-state index >= 15 is 0 Å². The second-order valence-corrected chi connectivity index (χ2v) is 5.39. The summed E-state index contributed by atoms with van der Waals surface area (Å²) in [6.07, 6.45) is 0.914. The van der Waals surface area contributed by atoms with Crippen LogP contribution in [-0.2, 0) is 6.42 Å². The zero-order valence-corrected chi connectivity index (χ0v) is 10.5. The van der Waals surface area contributed by atoms with E-state index < -0.39 is 0 Å². The van der Waals surface area contributed by atoms with Crippen LogP contribution in [0.2, 0.25) is 0 Å². The Labute approximate surface area is 92.5 Å². The molecule has 0 radical (unpaired) electrons. The Kier molecular flexibility index (Phi) is 3.55. The third-order valence-electron chi connectivity index (χ3n) is 2.72. The Balaban J connectivity index is 2.84. The highest BCUT2D eigenvalue weighted by Gasteiger charge is 2.19. The molecule has 0 fully saturated rings. The highest BCUT2D eigenvalue weighted by atomic mass is 14.9. The molecular formula is C12H23N3. The lowest BCUT2D eigenvalue weighted by atomic mass is 9.89. The summed E-state index contributed by atoms with van der Waals surface area (Å²) in [4.78, 5) is 7.98. The maximum atomic E-state index is 5.72. The van der Waals surface area contributed by atoms with Gasteiger partial charge in [-0.2, -0.15) is 0 Å². The summed E-state index contributed by atoms with van der Waals surface area (Å²) >= 11 is 0. The van der Waals surface area contributed by atoms with E-state index in [1.165, 1.54) is 11.4 Å². The second kappa shape index (κ2) is 4.35. The molecule has 3 heteroatoms. The van der Waals surface area contributed by atoms with E-state index in [9.17, 15) is 0 Å². The van der Waals surface area contributed by atoms with Crippen LogP contribution in [0.4, 0.5) is 0 Å². The minimum atomic E-state index is 0.124. The lowest BCUT2D eigenvalue weighted by Gasteiger charge is -2.20. The highest BCUT2D eigenvalue weighted by Crippen LogP contribution is 2.22. The molecule has 0 spiro atoms. The molecule has 0 atom stereocenters. The molecule has 1 aromatic heterocycles. The minimum Gasteiger partial charge on any atom is -0.346 e. The van der Waals surface area contributed by atoms with E-state index in [4.69, 9.17) is 5.73 Å². The Morgan fingerprint density at radius 2 is 2.00 bits per heavy atom. The monoisotopic (exact) mass is 209 g/mol. The van der Waals surface area contributed by atoms with Crippen molar-refractivity contribution in [1.82, 2.24) is 9.97 Å². The molecule has 0 aliphatic carbocycles. The molecule has 0 saturated heterocycles. The number of nitrogens with one attached hydrogen (secondary N) is 1. The van der Waals surface area contributed by atoms with E-state index in [0.717, 1.165) is 12.2 Å². The minimum absolute atomic E-state index is 0.124. The van der Waals surface area contributed by atoms with Crippen LogP contribution in [0, 0.1) is 12.3 Å². The van der Waals surface area contributed by atoms with E-state index in [2.05, 4.69) is 44.6 Å². The summed E-state index contributed by atoms with van der Waals surface area (Å²) in [5, 5.41) is 0. The van der Waals surface area contributed by atoms with Crippen LogP contribution in [0.25, 0.3) is 0 Å². The van der Waals surface area contributed by atoms with Gasteiger partial charge in [0, 0.05) is 12.1 Å². The maximum Gasteiger partial charge on any atom is 0.107 e. The van der Waals surface area contributed by atoms with Crippen LogP contribution >= 0.6 is 0 Å². The van der Waals surface area contributed by atoms with Crippen molar-refractivity contribution in [2.75, 3.05) is 6.54 Å². The molecule has 15 heavy (non-hydrogen) atoms. The molecule has 1 heterocycles. The van der Waals surface area contributed by atoms with Gasteiger partial charge in [-0.3, -0.25) is 0 Å². The number of hydrogen-bond donors (Lipinski definition) is 2. The molecular weight excluding hydrogens is 186 g/mol. The number of imidazole rings is 1. The van der Waals surface area contributed by atoms with Crippen LogP contribution in [0.5, 0.6) is 0 Å². The highest BCUT2D eigenvalue weighted by molar-refractivity contribution is 5.17. The van der Waals surface area contributed by atoms with Crippen LogP contribution < -0.4 is 5.73 Å². The van der Waals surface area contributed by atoms with Crippen molar-refractivity contribution in [2.45, 2.75) is 47.0 Å². The number of H-pyrrole nitrogens is 1. The fourth-order valence-electron chi connectivity index (χ4n) is 1.71.